The monoisotopic (exact) mass is 372 g/mol. The van der Waals surface area contributed by atoms with Crippen LogP contribution in [0.3, 0.4) is 0 Å². The Morgan fingerprint density at radius 2 is 1.68 bits per heavy atom. The van der Waals surface area contributed by atoms with E-state index in [4.69, 9.17) is 4.98 Å². The molecule has 0 unspecified atom stereocenters. The maximum atomic E-state index is 13.2. The summed E-state index contributed by atoms with van der Waals surface area (Å²) in [6.07, 6.45) is 6.42. The van der Waals surface area contributed by atoms with Gasteiger partial charge in [-0.1, -0.05) is 67.8 Å². The molecule has 2 aromatic carbocycles. The summed E-state index contributed by atoms with van der Waals surface area (Å²) in [5.41, 5.74) is 5.28. The molecule has 1 aliphatic rings. The minimum Gasteiger partial charge on any atom is -0.342 e. The van der Waals surface area contributed by atoms with Crippen LogP contribution in [0.1, 0.15) is 43.4 Å². The van der Waals surface area contributed by atoms with Crippen molar-refractivity contribution in [3.8, 4) is 11.1 Å². The van der Waals surface area contributed by atoms with E-state index in [1.165, 1.54) is 19.3 Å². The molecule has 28 heavy (non-hydrogen) atoms. The number of aromatic nitrogens is 1. The van der Waals surface area contributed by atoms with E-state index in [9.17, 15) is 4.79 Å². The molecule has 0 bridgehead atoms. The Bertz CT molecular complexity index is 975. The molecule has 1 fully saturated rings. The first-order valence-corrected chi connectivity index (χ1v) is 10.3. The van der Waals surface area contributed by atoms with Crippen LogP contribution < -0.4 is 0 Å². The molecule has 0 aliphatic heterocycles. The molecule has 0 atom stereocenters. The molecule has 0 radical (unpaired) electrons. The zero-order valence-electron chi connectivity index (χ0n) is 16.8. The topological polar surface area (TPSA) is 33.2 Å². The van der Waals surface area contributed by atoms with E-state index >= 15 is 0 Å². The first-order valence-electron chi connectivity index (χ1n) is 10.3. The van der Waals surface area contributed by atoms with Crippen LogP contribution in [-0.4, -0.2) is 28.9 Å². The van der Waals surface area contributed by atoms with Crippen molar-refractivity contribution < 1.29 is 4.79 Å². The second-order valence-electron chi connectivity index (χ2n) is 7.91. The van der Waals surface area contributed by atoms with Crippen LogP contribution in [0.5, 0.6) is 0 Å². The van der Waals surface area contributed by atoms with Crippen LogP contribution in [-0.2, 0) is 11.2 Å². The molecule has 0 spiro atoms. The summed E-state index contributed by atoms with van der Waals surface area (Å²) in [5, 5.41) is 1.11. The van der Waals surface area contributed by atoms with Gasteiger partial charge in [0.1, 0.15) is 0 Å². The summed E-state index contributed by atoms with van der Waals surface area (Å²) in [5.74, 6) is 0.198. The number of pyridine rings is 1. The van der Waals surface area contributed by atoms with Crippen LogP contribution in [0.15, 0.2) is 54.6 Å². The quantitative estimate of drug-likeness (QED) is 0.602. The standard InChI is InChI=1S/C25H28N2O/c1-18-22(17-24(28)27(2)20-13-7-4-8-14-20)25(19-11-5-3-6-12-19)21-15-9-10-16-23(21)26-18/h3,5-6,9-12,15-16,20H,4,7-8,13-14,17H2,1-2H3. The number of fused-ring (bicyclic) bond motifs is 1. The Balaban J connectivity index is 1.76. The number of likely N-dealkylation sites (N-methyl/N-ethyl adjacent to an activating group) is 1. The van der Waals surface area contributed by atoms with Gasteiger partial charge in [-0.3, -0.25) is 9.78 Å². The minimum absolute atomic E-state index is 0.198. The lowest BCUT2D eigenvalue weighted by molar-refractivity contribution is -0.131. The van der Waals surface area contributed by atoms with E-state index in [2.05, 4.69) is 36.4 Å². The number of carbonyl (C=O) groups excluding carboxylic acids is 1. The van der Waals surface area contributed by atoms with Gasteiger partial charge in [0.05, 0.1) is 11.9 Å². The van der Waals surface area contributed by atoms with Gasteiger partial charge in [-0.25, -0.2) is 0 Å². The van der Waals surface area contributed by atoms with Crippen molar-refractivity contribution in [3.05, 3.63) is 65.9 Å². The van der Waals surface area contributed by atoms with Crippen molar-refractivity contribution in [1.82, 2.24) is 9.88 Å². The van der Waals surface area contributed by atoms with Gasteiger partial charge in [0.2, 0.25) is 5.91 Å². The third kappa shape index (κ3) is 3.66. The molecule has 1 aromatic heterocycles. The highest BCUT2D eigenvalue weighted by atomic mass is 16.2. The van der Waals surface area contributed by atoms with Gasteiger partial charge >= 0.3 is 0 Å². The Morgan fingerprint density at radius 1 is 1.00 bits per heavy atom. The second kappa shape index (κ2) is 8.14. The van der Waals surface area contributed by atoms with Gasteiger partial charge in [-0.05, 0) is 42.5 Å². The van der Waals surface area contributed by atoms with E-state index in [0.29, 0.717) is 12.5 Å². The minimum atomic E-state index is 0.198. The first-order chi connectivity index (χ1) is 13.6. The molecule has 0 saturated heterocycles. The van der Waals surface area contributed by atoms with E-state index in [1.807, 2.05) is 37.1 Å². The molecule has 3 heteroatoms. The summed E-state index contributed by atoms with van der Waals surface area (Å²) in [6, 6.07) is 19.0. The van der Waals surface area contributed by atoms with E-state index in [1.54, 1.807) is 0 Å². The summed E-state index contributed by atoms with van der Waals surface area (Å²) < 4.78 is 0. The number of carbonyl (C=O) groups is 1. The predicted molar refractivity (Wildman–Crippen MR) is 115 cm³/mol. The molecule has 1 amide bonds. The number of rotatable bonds is 4. The van der Waals surface area contributed by atoms with Crippen LogP contribution in [0.4, 0.5) is 0 Å². The van der Waals surface area contributed by atoms with Gasteiger partial charge in [-0.2, -0.15) is 0 Å². The molecule has 3 aromatic rings. The van der Waals surface area contributed by atoms with Crippen molar-refractivity contribution in [2.45, 2.75) is 51.5 Å². The summed E-state index contributed by atoms with van der Waals surface area (Å²) in [4.78, 5) is 20.0. The second-order valence-corrected chi connectivity index (χ2v) is 7.91. The van der Waals surface area contributed by atoms with Crippen LogP contribution in [0.25, 0.3) is 22.0 Å². The lowest BCUT2D eigenvalue weighted by Crippen LogP contribution is -2.39. The molecule has 1 aliphatic carbocycles. The number of para-hydroxylation sites is 1. The van der Waals surface area contributed by atoms with Gasteiger partial charge in [-0.15, -0.1) is 0 Å². The number of nitrogens with zero attached hydrogens (tertiary/aromatic N) is 2. The van der Waals surface area contributed by atoms with Crippen molar-refractivity contribution in [3.63, 3.8) is 0 Å². The SMILES string of the molecule is Cc1nc2ccccc2c(-c2ccccc2)c1CC(=O)N(C)C1CCCCC1. The first kappa shape index (κ1) is 18.7. The predicted octanol–water partition coefficient (Wildman–Crippen LogP) is 5.54. The van der Waals surface area contributed by atoms with Gasteiger partial charge in [0.15, 0.2) is 0 Å². The lowest BCUT2D eigenvalue weighted by atomic mass is 9.91. The van der Waals surface area contributed by atoms with Crippen molar-refractivity contribution in [2.24, 2.45) is 0 Å². The normalized spacial score (nSPS) is 14.9. The zero-order chi connectivity index (χ0) is 19.5. The largest absolute Gasteiger partial charge is 0.342 e. The zero-order valence-corrected chi connectivity index (χ0v) is 16.8. The summed E-state index contributed by atoms with van der Waals surface area (Å²) in [6.45, 7) is 2.03. The van der Waals surface area contributed by atoms with Crippen molar-refractivity contribution in [2.75, 3.05) is 7.05 Å². The van der Waals surface area contributed by atoms with E-state index in [-0.39, 0.29) is 5.91 Å². The number of aryl methyl sites for hydroxylation is 1. The highest BCUT2D eigenvalue weighted by molar-refractivity contribution is 5.98. The smallest absolute Gasteiger partial charge is 0.227 e. The number of hydrogen-bond acceptors (Lipinski definition) is 2. The molecule has 4 rings (SSSR count). The maximum Gasteiger partial charge on any atom is 0.227 e. The summed E-state index contributed by atoms with van der Waals surface area (Å²) >= 11 is 0. The molecule has 1 heterocycles. The van der Waals surface area contributed by atoms with Gasteiger partial charge < -0.3 is 4.90 Å². The van der Waals surface area contributed by atoms with E-state index in [0.717, 1.165) is 46.1 Å². The highest BCUT2D eigenvalue weighted by Crippen LogP contribution is 2.34. The fraction of sp³-hybridized carbons (Fsp3) is 0.360. The number of benzene rings is 2. The van der Waals surface area contributed by atoms with E-state index < -0.39 is 0 Å². The molecule has 3 nitrogen and oxygen atoms in total. The van der Waals surface area contributed by atoms with Gasteiger partial charge in [0, 0.05) is 24.2 Å². The molecular formula is C25H28N2O. The average molecular weight is 373 g/mol. The van der Waals surface area contributed by atoms with Crippen LogP contribution >= 0.6 is 0 Å². The van der Waals surface area contributed by atoms with Crippen molar-refractivity contribution in [1.29, 1.82) is 0 Å². The van der Waals surface area contributed by atoms with Crippen LogP contribution in [0.2, 0.25) is 0 Å². The lowest BCUT2D eigenvalue weighted by Gasteiger charge is -2.31. The molecular weight excluding hydrogens is 344 g/mol. The Labute approximate surface area is 167 Å². The third-order valence-electron chi connectivity index (χ3n) is 6.11. The van der Waals surface area contributed by atoms with Gasteiger partial charge in [0.25, 0.3) is 0 Å². The number of amides is 1. The fourth-order valence-corrected chi connectivity index (χ4v) is 4.47. The Morgan fingerprint density at radius 3 is 2.43 bits per heavy atom. The molecule has 144 valence electrons. The molecule has 0 N–H and O–H groups in total. The average Bonchev–Trinajstić information content (AvgIpc) is 2.75. The van der Waals surface area contributed by atoms with Crippen LogP contribution in [0, 0.1) is 6.92 Å². The molecule has 1 saturated carbocycles. The number of hydrogen-bond donors (Lipinski definition) is 0. The Kier molecular flexibility index (Phi) is 5.43. The highest BCUT2D eigenvalue weighted by Gasteiger charge is 2.24. The third-order valence-corrected chi connectivity index (χ3v) is 6.11. The summed E-state index contributed by atoms with van der Waals surface area (Å²) in [7, 11) is 1.98. The Hall–Kier alpha value is -2.68. The fourth-order valence-electron chi connectivity index (χ4n) is 4.47. The maximum absolute atomic E-state index is 13.2. The van der Waals surface area contributed by atoms with Crippen molar-refractivity contribution >= 4 is 16.8 Å².